The van der Waals surface area contributed by atoms with E-state index < -0.39 is 34.0 Å². The minimum Gasteiger partial charge on any atom is -0.387 e. The second kappa shape index (κ2) is 4.25. The number of benzene rings is 1. The predicted octanol–water partition coefficient (Wildman–Crippen LogP) is 0.771. The molecule has 0 radical (unpaired) electrons. The first-order valence-electron chi connectivity index (χ1n) is 5.22. The molecule has 0 fully saturated rings. The molecule has 18 heavy (non-hydrogen) atoms. The third-order valence-corrected chi connectivity index (χ3v) is 3.37. The lowest BCUT2D eigenvalue weighted by molar-refractivity contribution is 0.00667. The molecule has 0 unspecified atom stereocenters. The molecule has 1 aliphatic carbocycles. The highest BCUT2D eigenvalue weighted by atomic mass is 32.2. The fourth-order valence-corrected chi connectivity index (χ4v) is 2.48. The zero-order valence-electron chi connectivity index (χ0n) is 9.61. The van der Waals surface area contributed by atoms with Gasteiger partial charge in [-0.2, -0.15) is 8.42 Å². The summed E-state index contributed by atoms with van der Waals surface area (Å²) < 4.78 is 52.3. The minimum absolute atomic E-state index is 0.0368. The van der Waals surface area contributed by atoms with Crippen LogP contribution >= 0.6 is 0 Å². The van der Waals surface area contributed by atoms with Crippen molar-refractivity contribution in [2.75, 3.05) is 12.9 Å². The van der Waals surface area contributed by atoms with E-state index in [9.17, 15) is 22.3 Å². The Kier molecular flexibility index (Phi) is 3.16. The van der Waals surface area contributed by atoms with Crippen LogP contribution in [0.4, 0.5) is 8.78 Å². The summed E-state index contributed by atoms with van der Waals surface area (Å²) in [6, 6.07) is 2.03. The lowest BCUT2D eigenvalue weighted by Crippen LogP contribution is -2.36. The molecule has 0 atom stereocenters. The van der Waals surface area contributed by atoms with E-state index in [0.29, 0.717) is 11.1 Å². The van der Waals surface area contributed by atoms with Crippen LogP contribution in [0.1, 0.15) is 11.1 Å². The summed E-state index contributed by atoms with van der Waals surface area (Å²) in [6.07, 6.45) is 0.946. The van der Waals surface area contributed by atoms with Crippen molar-refractivity contribution in [2.45, 2.75) is 18.4 Å². The Labute approximate surface area is 103 Å². The second-order valence-electron chi connectivity index (χ2n) is 4.58. The molecule has 0 saturated carbocycles. The Hall–Kier alpha value is -1.05. The molecule has 0 saturated heterocycles. The van der Waals surface area contributed by atoms with Crippen LogP contribution < -0.4 is 0 Å². The van der Waals surface area contributed by atoms with Crippen LogP contribution in [0.25, 0.3) is 0 Å². The van der Waals surface area contributed by atoms with E-state index in [0.717, 1.165) is 18.4 Å². The van der Waals surface area contributed by atoms with Gasteiger partial charge in [0, 0.05) is 12.8 Å². The third-order valence-electron chi connectivity index (χ3n) is 2.82. The molecule has 0 spiro atoms. The van der Waals surface area contributed by atoms with E-state index in [1.807, 2.05) is 0 Å². The van der Waals surface area contributed by atoms with Crippen molar-refractivity contribution in [3.05, 3.63) is 34.9 Å². The maximum atomic E-state index is 13.0. The molecule has 2 rings (SSSR count). The largest absolute Gasteiger partial charge is 0.387 e. The molecule has 1 aromatic rings. The van der Waals surface area contributed by atoms with Gasteiger partial charge in [0.1, 0.15) is 0 Å². The van der Waals surface area contributed by atoms with Crippen molar-refractivity contribution < 1.29 is 26.5 Å². The molecule has 100 valence electrons. The van der Waals surface area contributed by atoms with Gasteiger partial charge in [0.25, 0.3) is 10.1 Å². The van der Waals surface area contributed by atoms with Gasteiger partial charge >= 0.3 is 0 Å². The van der Waals surface area contributed by atoms with Crippen LogP contribution in [0, 0.1) is 11.6 Å². The maximum Gasteiger partial charge on any atom is 0.264 e. The molecule has 1 N–H and O–H groups in total. The topological polar surface area (TPSA) is 63.6 Å². The molecular formula is C11H12F2O4S. The number of hydrogen-bond donors (Lipinski definition) is 1. The van der Waals surface area contributed by atoms with Gasteiger partial charge in [-0.15, -0.1) is 0 Å². The molecule has 4 nitrogen and oxygen atoms in total. The molecule has 0 amide bonds. The zero-order chi connectivity index (χ0) is 13.6. The van der Waals surface area contributed by atoms with Crippen molar-refractivity contribution in [3.63, 3.8) is 0 Å². The van der Waals surface area contributed by atoms with Gasteiger partial charge in [-0.25, -0.2) is 8.78 Å². The monoisotopic (exact) mass is 278 g/mol. The van der Waals surface area contributed by atoms with Crippen molar-refractivity contribution >= 4 is 10.1 Å². The van der Waals surface area contributed by atoms with Crippen molar-refractivity contribution in [1.82, 2.24) is 0 Å². The number of rotatable bonds is 3. The Morgan fingerprint density at radius 2 is 1.72 bits per heavy atom. The molecule has 0 aromatic heterocycles. The summed E-state index contributed by atoms with van der Waals surface area (Å²) in [7, 11) is -3.66. The lowest BCUT2D eigenvalue weighted by atomic mass is 10.0. The van der Waals surface area contributed by atoms with Crippen LogP contribution in [0.5, 0.6) is 0 Å². The Morgan fingerprint density at radius 1 is 1.28 bits per heavy atom. The highest BCUT2D eigenvalue weighted by molar-refractivity contribution is 7.85. The zero-order valence-corrected chi connectivity index (χ0v) is 10.4. The molecule has 1 aliphatic rings. The fraction of sp³-hybridized carbons (Fsp3) is 0.455. The van der Waals surface area contributed by atoms with E-state index >= 15 is 0 Å². The number of hydrogen-bond acceptors (Lipinski definition) is 4. The molecule has 1 aromatic carbocycles. The van der Waals surface area contributed by atoms with Crippen molar-refractivity contribution in [1.29, 1.82) is 0 Å². The first kappa shape index (κ1) is 13.4. The van der Waals surface area contributed by atoms with E-state index in [1.54, 1.807) is 0 Å². The number of halogens is 2. The predicted molar refractivity (Wildman–Crippen MR) is 59.5 cm³/mol. The fourth-order valence-electron chi connectivity index (χ4n) is 2.05. The molecule has 0 aliphatic heterocycles. The molecule has 0 bridgehead atoms. The summed E-state index contributed by atoms with van der Waals surface area (Å²) in [6.45, 7) is -0.427. The third kappa shape index (κ3) is 2.85. The van der Waals surface area contributed by atoms with E-state index in [2.05, 4.69) is 4.18 Å². The summed E-state index contributed by atoms with van der Waals surface area (Å²) in [5.41, 5.74) is -0.506. The molecular weight excluding hydrogens is 266 g/mol. The van der Waals surface area contributed by atoms with Gasteiger partial charge < -0.3 is 5.11 Å². The number of aliphatic hydroxyl groups is 1. The van der Waals surface area contributed by atoms with Crippen LogP contribution in [0.15, 0.2) is 12.1 Å². The highest BCUT2D eigenvalue weighted by Gasteiger charge is 2.37. The summed E-state index contributed by atoms with van der Waals surface area (Å²) in [5, 5.41) is 10.1. The first-order valence-corrected chi connectivity index (χ1v) is 7.04. The number of fused-ring (bicyclic) bond motifs is 1. The first-order chi connectivity index (χ1) is 8.19. The van der Waals surface area contributed by atoms with E-state index in [4.69, 9.17) is 0 Å². The van der Waals surface area contributed by atoms with Crippen molar-refractivity contribution in [3.8, 4) is 0 Å². The summed E-state index contributed by atoms with van der Waals surface area (Å²) >= 11 is 0. The second-order valence-corrected chi connectivity index (χ2v) is 6.22. The van der Waals surface area contributed by atoms with Gasteiger partial charge in [-0.1, -0.05) is 0 Å². The smallest absolute Gasteiger partial charge is 0.264 e. The van der Waals surface area contributed by atoms with Gasteiger partial charge in [-0.3, -0.25) is 4.18 Å². The lowest BCUT2D eigenvalue weighted by Gasteiger charge is -2.20. The Morgan fingerprint density at radius 3 is 2.11 bits per heavy atom. The molecule has 7 heteroatoms. The quantitative estimate of drug-likeness (QED) is 0.830. The molecule has 0 heterocycles. The van der Waals surface area contributed by atoms with Gasteiger partial charge in [0.2, 0.25) is 0 Å². The van der Waals surface area contributed by atoms with Crippen LogP contribution in [0.2, 0.25) is 0 Å². The van der Waals surface area contributed by atoms with Crippen LogP contribution in [-0.4, -0.2) is 32.0 Å². The minimum atomic E-state index is -3.66. The average Bonchev–Trinajstić information content (AvgIpc) is 2.52. The normalized spacial score (nSPS) is 17.8. The van der Waals surface area contributed by atoms with Crippen LogP contribution in [0.3, 0.4) is 0 Å². The van der Waals surface area contributed by atoms with E-state index in [1.165, 1.54) is 0 Å². The van der Waals surface area contributed by atoms with E-state index in [-0.39, 0.29) is 12.8 Å². The highest BCUT2D eigenvalue weighted by Crippen LogP contribution is 2.32. The van der Waals surface area contributed by atoms with Gasteiger partial charge in [0.15, 0.2) is 11.6 Å². The van der Waals surface area contributed by atoms with Gasteiger partial charge in [0.05, 0.1) is 18.5 Å². The standard InChI is InChI=1S/C11H12F2O4S/c1-18(15,16)17-6-11(14)4-7-2-9(12)10(13)3-8(7)5-11/h2-3,14H,4-6H2,1H3. The Bertz CT molecular complexity index is 552. The maximum absolute atomic E-state index is 13.0. The SMILES string of the molecule is CS(=O)(=O)OCC1(O)Cc2cc(F)c(F)cc2C1. The van der Waals surface area contributed by atoms with Crippen molar-refractivity contribution in [2.24, 2.45) is 0 Å². The van der Waals surface area contributed by atoms with Gasteiger partial charge in [-0.05, 0) is 23.3 Å². The summed E-state index contributed by atoms with van der Waals surface area (Å²) in [5.74, 6) is -1.97. The Balaban J connectivity index is 2.18. The average molecular weight is 278 g/mol. The summed E-state index contributed by atoms with van der Waals surface area (Å²) in [4.78, 5) is 0. The van der Waals surface area contributed by atoms with Crippen LogP contribution in [-0.2, 0) is 27.1 Å².